The number of nitrogens with zero attached hydrogens (tertiary/aromatic N) is 1. The molecule has 86 valence electrons. The fourth-order valence-electron chi connectivity index (χ4n) is 1.34. The highest BCUT2D eigenvalue weighted by atomic mass is 16.5. The Bertz CT molecular complexity index is 402. The van der Waals surface area contributed by atoms with Gasteiger partial charge in [0.05, 0.1) is 0 Å². The third kappa shape index (κ3) is 2.76. The molecule has 0 aliphatic rings. The molecule has 5 nitrogen and oxygen atoms in total. The van der Waals surface area contributed by atoms with Gasteiger partial charge in [0, 0.05) is 6.07 Å². The molecular weight excluding hydrogens is 210 g/mol. The molecule has 0 aliphatic carbocycles. The topological polar surface area (TPSA) is 72.6 Å². The van der Waals surface area contributed by atoms with E-state index in [-0.39, 0.29) is 24.2 Å². The number of carboxylic acids is 1. The molecule has 1 aromatic heterocycles. The van der Waals surface area contributed by atoms with Crippen LogP contribution in [0.2, 0.25) is 0 Å². The lowest BCUT2D eigenvalue weighted by atomic mass is 9.94. The Morgan fingerprint density at radius 1 is 1.75 bits per heavy atom. The van der Waals surface area contributed by atoms with Gasteiger partial charge in [0.15, 0.2) is 12.4 Å². The number of hydrogen-bond acceptors (Lipinski definition) is 4. The van der Waals surface area contributed by atoms with Gasteiger partial charge in [-0.15, -0.1) is 6.42 Å². The minimum Gasteiger partial charge on any atom is -0.481 e. The van der Waals surface area contributed by atoms with Crippen molar-refractivity contribution in [2.24, 2.45) is 5.92 Å². The first-order valence-corrected chi connectivity index (χ1v) is 4.82. The van der Waals surface area contributed by atoms with Crippen LogP contribution in [0.15, 0.2) is 10.6 Å². The Morgan fingerprint density at radius 2 is 2.44 bits per heavy atom. The molecule has 0 saturated heterocycles. The van der Waals surface area contributed by atoms with E-state index in [1.54, 1.807) is 13.8 Å². The summed E-state index contributed by atoms with van der Waals surface area (Å²) in [7, 11) is 0. The monoisotopic (exact) mass is 223 g/mol. The molecule has 0 amide bonds. The van der Waals surface area contributed by atoms with E-state index in [1.807, 2.05) is 0 Å². The molecule has 1 N–H and O–H groups in total. The minimum atomic E-state index is -0.949. The van der Waals surface area contributed by atoms with E-state index < -0.39 is 11.9 Å². The van der Waals surface area contributed by atoms with E-state index in [0.29, 0.717) is 0 Å². The number of ether oxygens (including phenoxy) is 1. The van der Waals surface area contributed by atoms with Gasteiger partial charge in [-0.2, -0.15) is 0 Å². The summed E-state index contributed by atoms with van der Waals surface area (Å²) in [6.07, 6.45) is 5.01. The summed E-state index contributed by atoms with van der Waals surface area (Å²) >= 11 is 0. The Balaban J connectivity index is 2.83. The summed E-state index contributed by atoms with van der Waals surface area (Å²) in [4.78, 5) is 11.0. The second-order valence-electron chi connectivity index (χ2n) is 3.62. The Hall–Kier alpha value is -1.96. The summed E-state index contributed by atoms with van der Waals surface area (Å²) < 4.78 is 9.93. The third-order valence-corrected chi connectivity index (χ3v) is 2.05. The first kappa shape index (κ1) is 12.1. The van der Waals surface area contributed by atoms with Crippen LogP contribution >= 0.6 is 0 Å². The molecule has 1 rings (SSSR count). The van der Waals surface area contributed by atoms with Gasteiger partial charge in [0.2, 0.25) is 0 Å². The number of hydrogen-bond donors (Lipinski definition) is 1. The molecule has 5 heteroatoms. The highest BCUT2D eigenvalue weighted by Crippen LogP contribution is 2.27. The lowest BCUT2D eigenvalue weighted by Crippen LogP contribution is -2.16. The van der Waals surface area contributed by atoms with Gasteiger partial charge in [0.25, 0.3) is 5.88 Å². The van der Waals surface area contributed by atoms with E-state index in [2.05, 4.69) is 11.1 Å². The summed E-state index contributed by atoms with van der Waals surface area (Å²) in [6.45, 7) is 3.66. The summed E-state index contributed by atoms with van der Waals surface area (Å²) in [5.74, 6) is 0.994. The highest BCUT2D eigenvalue weighted by molar-refractivity contribution is 5.75. The molecule has 1 unspecified atom stereocenters. The maximum absolute atomic E-state index is 11.0. The van der Waals surface area contributed by atoms with Gasteiger partial charge in [-0.05, 0) is 11.1 Å². The van der Waals surface area contributed by atoms with Crippen LogP contribution in [-0.4, -0.2) is 22.8 Å². The van der Waals surface area contributed by atoms with Crippen molar-refractivity contribution in [3.63, 3.8) is 0 Å². The smallest absolute Gasteiger partial charge is 0.314 e. The van der Waals surface area contributed by atoms with Gasteiger partial charge in [-0.1, -0.05) is 19.8 Å². The number of carbonyl (C=O) groups is 1. The fraction of sp³-hybridized carbons (Fsp3) is 0.455. The molecule has 0 saturated carbocycles. The average Bonchev–Trinajstić information content (AvgIpc) is 2.62. The zero-order valence-electron chi connectivity index (χ0n) is 9.14. The molecule has 0 bridgehead atoms. The quantitative estimate of drug-likeness (QED) is 0.766. The lowest BCUT2D eigenvalue weighted by molar-refractivity contribution is -0.140. The predicted molar refractivity (Wildman–Crippen MR) is 56.0 cm³/mol. The van der Waals surface area contributed by atoms with Crippen LogP contribution in [0.5, 0.6) is 5.88 Å². The maximum Gasteiger partial charge on any atom is 0.314 e. The average molecular weight is 223 g/mol. The second kappa shape index (κ2) is 5.21. The summed E-state index contributed by atoms with van der Waals surface area (Å²) in [5, 5.41) is 12.6. The second-order valence-corrected chi connectivity index (χ2v) is 3.62. The molecule has 1 atom stereocenters. The zero-order valence-corrected chi connectivity index (χ0v) is 9.14. The normalized spacial score (nSPS) is 12.1. The predicted octanol–water partition coefficient (Wildman–Crippen LogP) is 1.51. The van der Waals surface area contributed by atoms with Crippen LogP contribution in [0, 0.1) is 18.3 Å². The van der Waals surface area contributed by atoms with Gasteiger partial charge in [-0.3, -0.25) is 4.79 Å². The van der Waals surface area contributed by atoms with Crippen molar-refractivity contribution in [3.8, 4) is 18.2 Å². The van der Waals surface area contributed by atoms with E-state index in [1.165, 1.54) is 6.07 Å². The Morgan fingerprint density at radius 3 is 2.94 bits per heavy atom. The summed E-state index contributed by atoms with van der Waals surface area (Å²) in [6, 6.07) is 1.45. The largest absolute Gasteiger partial charge is 0.481 e. The van der Waals surface area contributed by atoms with Gasteiger partial charge >= 0.3 is 5.97 Å². The molecule has 0 fully saturated rings. The number of rotatable bonds is 5. The van der Waals surface area contributed by atoms with Crippen molar-refractivity contribution in [2.45, 2.75) is 19.8 Å². The van der Waals surface area contributed by atoms with Crippen molar-refractivity contribution < 1.29 is 19.2 Å². The van der Waals surface area contributed by atoms with Crippen LogP contribution in [0.3, 0.4) is 0 Å². The van der Waals surface area contributed by atoms with Crippen molar-refractivity contribution in [1.29, 1.82) is 0 Å². The molecule has 1 aromatic rings. The SMILES string of the molecule is C#CCOc1cc(C(C(=O)O)C(C)C)on1. The van der Waals surface area contributed by atoms with E-state index in [4.69, 9.17) is 20.8 Å². The molecule has 16 heavy (non-hydrogen) atoms. The first-order chi connectivity index (χ1) is 7.56. The number of carboxylic acid groups (broad SMARTS) is 1. The van der Waals surface area contributed by atoms with Crippen molar-refractivity contribution in [2.75, 3.05) is 6.61 Å². The van der Waals surface area contributed by atoms with Crippen molar-refractivity contribution >= 4 is 5.97 Å². The van der Waals surface area contributed by atoms with E-state index in [9.17, 15) is 4.79 Å². The number of aliphatic carboxylic acids is 1. The van der Waals surface area contributed by atoms with Crippen molar-refractivity contribution in [1.82, 2.24) is 5.16 Å². The molecule has 0 spiro atoms. The van der Waals surface area contributed by atoms with Crippen molar-refractivity contribution in [3.05, 3.63) is 11.8 Å². The zero-order chi connectivity index (χ0) is 12.1. The molecular formula is C11H13NO4. The fourth-order valence-corrected chi connectivity index (χ4v) is 1.34. The Labute approximate surface area is 93.4 Å². The van der Waals surface area contributed by atoms with Crippen LogP contribution in [0.1, 0.15) is 25.5 Å². The summed E-state index contributed by atoms with van der Waals surface area (Å²) in [5.41, 5.74) is 0. The number of aromatic nitrogens is 1. The van der Waals surface area contributed by atoms with Crippen LogP contribution < -0.4 is 4.74 Å². The highest BCUT2D eigenvalue weighted by Gasteiger charge is 2.28. The lowest BCUT2D eigenvalue weighted by Gasteiger charge is -2.11. The molecule has 0 radical (unpaired) electrons. The molecule has 0 aliphatic heterocycles. The van der Waals surface area contributed by atoms with Crippen LogP contribution in [0.4, 0.5) is 0 Å². The van der Waals surface area contributed by atoms with E-state index in [0.717, 1.165) is 0 Å². The van der Waals surface area contributed by atoms with Crippen LogP contribution in [-0.2, 0) is 4.79 Å². The third-order valence-electron chi connectivity index (χ3n) is 2.05. The van der Waals surface area contributed by atoms with Gasteiger partial charge in [0.1, 0.15) is 5.92 Å². The van der Waals surface area contributed by atoms with E-state index >= 15 is 0 Å². The maximum atomic E-state index is 11.0. The van der Waals surface area contributed by atoms with Gasteiger partial charge < -0.3 is 14.4 Å². The number of terminal acetylenes is 1. The minimum absolute atomic E-state index is 0.0748. The van der Waals surface area contributed by atoms with Gasteiger partial charge in [-0.25, -0.2) is 0 Å². The molecule has 1 heterocycles. The first-order valence-electron chi connectivity index (χ1n) is 4.82. The van der Waals surface area contributed by atoms with Crippen LogP contribution in [0.25, 0.3) is 0 Å². The standard InChI is InChI=1S/C11H13NO4/c1-4-5-15-9-6-8(16-12-9)10(7(2)3)11(13)14/h1,6-7,10H,5H2,2-3H3,(H,13,14). The Kier molecular flexibility index (Phi) is 3.95. The molecule has 0 aromatic carbocycles.